The van der Waals surface area contributed by atoms with E-state index < -0.39 is 0 Å². The van der Waals surface area contributed by atoms with Crippen molar-refractivity contribution < 1.29 is 4.74 Å². The molecular formula is C19H30O. The third-order valence-corrected chi connectivity index (χ3v) is 4.30. The maximum atomic E-state index is 5.60. The molecule has 2 rings (SSSR count). The van der Waals surface area contributed by atoms with Crippen LogP contribution in [0.1, 0.15) is 64.7 Å². The fourth-order valence-electron chi connectivity index (χ4n) is 3.68. The standard InChI is InChI=1S/C19H30O/c1-18(2,3)12-13-10-14-15(11-13)17(20-7)9-8-16(14)19(4,5)6/h8-9,13H,10-12H2,1-7H3. The van der Waals surface area contributed by atoms with Gasteiger partial charge in [-0.3, -0.25) is 0 Å². The highest BCUT2D eigenvalue weighted by molar-refractivity contribution is 5.50. The number of hydrogen-bond acceptors (Lipinski definition) is 1. The lowest BCUT2D eigenvalue weighted by atomic mass is 9.81. The van der Waals surface area contributed by atoms with Gasteiger partial charge in [-0.15, -0.1) is 0 Å². The van der Waals surface area contributed by atoms with Gasteiger partial charge in [0.25, 0.3) is 0 Å². The summed E-state index contributed by atoms with van der Waals surface area (Å²) >= 11 is 0. The van der Waals surface area contributed by atoms with E-state index in [2.05, 4.69) is 53.7 Å². The van der Waals surface area contributed by atoms with Crippen LogP contribution in [-0.4, -0.2) is 7.11 Å². The first-order valence-corrected chi connectivity index (χ1v) is 7.81. The molecule has 1 aliphatic rings. The van der Waals surface area contributed by atoms with Crippen LogP contribution in [0.4, 0.5) is 0 Å². The Morgan fingerprint density at radius 2 is 1.60 bits per heavy atom. The molecule has 0 amide bonds. The Hall–Kier alpha value is -0.980. The number of ether oxygens (including phenoxy) is 1. The van der Waals surface area contributed by atoms with E-state index >= 15 is 0 Å². The van der Waals surface area contributed by atoms with Crippen LogP contribution in [0.3, 0.4) is 0 Å². The molecule has 0 saturated heterocycles. The average Bonchev–Trinajstić information content (AvgIpc) is 2.66. The smallest absolute Gasteiger partial charge is 0.122 e. The Morgan fingerprint density at radius 1 is 1.00 bits per heavy atom. The van der Waals surface area contributed by atoms with Gasteiger partial charge in [0, 0.05) is 0 Å². The summed E-state index contributed by atoms with van der Waals surface area (Å²) in [6.07, 6.45) is 3.69. The van der Waals surface area contributed by atoms with Crippen molar-refractivity contribution in [2.45, 2.75) is 66.2 Å². The third-order valence-electron chi connectivity index (χ3n) is 4.30. The summed E-state index contributed by atoms with van der Waals surface area (Å²) in [6, 6.07) is 4.44. The molecule has 0 saturated carbocycles. The zero-order valence-corrected chi connectivity index (χ0v) is 14.3. The Morgan fingerprint density at radius 3 is 2.10 bits per heavy atom. The second kappa shape index (κ2) is 5.09. The van der Waals surface area contributed by atoms with Gasteiger partial charge in [0.15, 0.2) is 0 Å². The molecule has 0 aromatic heterocycles. The predicted octanol–water partition coefficient (Wildman–Crippen LogP) is 5.14. The van der Waals surface area contributed by atoms with E-state index in [0.29, 0.717) is 5.41 Å². The molecule has 112 valence electrons. The molecule has 0 radical (unpaired) electrons. The van der Waals surface area contributed by atoms with Crippen LogP contribution >= 0.6 is 0 Å². The summed E-state index contributed by atoms with van der Waals surface area (Å²) in [6.45, 7) is 14.0. The number of methoxy groups -OCH3 is 1. The van der Waals surface area contributed by atoms with Crippen molar-refractivity contribution in [1.82, 2.24) is 0 Å². The lowest BCUT2D eigenvalue weighted by Crippen LogP contribution is -2.15. The van der Waals surface area contributed by atoms with Crippen LogP contribution in [0.5, 0.6) is 5.75 Å². The van der Waals surface area contributed by atoms with E-state index in [-0.39, 0.29) is 5.41 Å². The minimum absolute atomic E-state index is 0.215. The van der Waals surface area contributed by atoms with E-state index in [9.17, 15) is 0 Å². The molecule has 1 aromatic rings. The average molecular weight is 274 g/mol. The first-order valence-electron chi connectivity index (χ1n) is 7.81. The minimum Gasteiger partial charge on any atom is -0.496 e. The first kappa shape index (κ1) is 15.4. The summed E-state index contributed by atoms with van der Waals surface area (Å²) < 4.78 is 5.60. The van der Waals surface area contributed by atoms with Crippen molar-refractivity contribution >= 4 is 0 Å². The molecule has 0 heterocycles. The molecule has 0 bridgehead atoms. The van der Waals surface area contributed by atoms with Crippen molar-refractivity contribution in [2.75, 3.05) is 7.11 Å². The maximum Gasteiger partial charge on any atom is 0.122 e. The Labute approximate surface area is 124 Å². The highest BCUT2D eigenvalue weighted by atomic mass is 16.5. The normalized spacial score (nSPS) is 19.1. The van der Waals surface area contributed by atoms with Gasteiger partial charge in [0.2, 0.25) is 0 Å². The van der Waals surface area contributed by atoms with Gasteiger partial charge in [-0.1, -0.05) is 47.6 Å². The summed E-state index contributed by atoms with van der Waals surface area (Å²) in [5, 5.41) is 0. The number of hydrogen-bond donors (Lipinski definition) is 0. The SMILES string of the molecule is COc1ccc(C(C)(C)C)c2c1CC(CC(C)(C)C)C2. The summed E-state index contributed by atoms with van der Waals surface area (Å²) in [4.78, 5) is 0. The molecule has 0 aliphatic heterocycles. The molecule has 20 heavy (non-hydrogen) atoms. The van der Waals surface area contributed by atoms with Gasteiger partial charge in [0.1, 0.15) is 5.75 Å². The lowest BCUT2D eigenvalue weighted by molar-refractivity contribution is 0.299. The zero-order valence-electron chi connectivity index (χ0n) is 14.3. The monoisotopic (exact) mass is 274 g/mol. The second-order valence-electron chi connectivity index (χ2n) is 8.56. The molecule has 0 spiro atoms. The highest BCUT2D eigenvalue weighted by Crippen LogP contribution is 2.43. The second-order valence-corrected chi connectivity index (χ2v) is 8.56. The Kier molecular flexibility index (Phi) is 3.92. The molecule has 1 atom stereocenters. The summed E-state index contributed by atoms with van der Waals surface area (Å²) in [7, 11) is 1.80. The molecular weight excluding hydrogens is 244 g/mol. The summed E-state index contributed by atoms with van der Waals surface area (Å²) in [5.41, 5.74) is 5.15. The van der Waals surface area contributed by atoms with E-state index in [1.165, 1.54) is 30.4 Å². The largest absolute Gasteiger partial charge is 0.496 e. The van der Waals surface area contributed by atoms with Crippen molar-refractivity contribution in [3.05, 3.63) is 28.8 Å². The molecule has 0 fully saturated rings. The number of benzene rings is 1. The fraction of sp³-hybridized carbons (Fsp3) is 0.684. The van der Waals surface area contributed by atoms with Crippen LogP contribution in [0.2, 0.25) is 0 Å². The molecule has 0 N–H and O–H groups in total. The van der Waals surface area contributed by atoms with E-state index in [1.807, 2.05) is 0 Å². The van der Waals surface area contributed by atoms with Crippen LogP contribution < -0.4 is 4.74 Å². The van der Waals surface area contributed by atoms with Gasteiger partial charge in [0.05, 0.1) is 7.11 Å². The van der Waals surface area contributed by atoms with Crippen molar-refractivity contribution in [2.24, 2.45) is 11.3 Å². The first-order chi connectivity index (χ1) is 9.12. The van der Waals surface area contributed by atoms with Crippen molar-refractivity contribution in [3.63, 3.8) is 0 Å². The van der Waals surface area contributed by atoms with Crippen LogP contribution in [-0.2, 0) is 18.3 Å². The predicted molar refractivity (Wildman–Crippen MR) is 86.7 cm³/mol. The van der Waals surface area contributed by atoms with Crippen LogP contribution in [0.15, 0.2) is 12.1 Å². The van der Waals surface area contributed by atoms with Crippen LogP contribution in [0, 0.1) is 11.3 Å². The number of rotatable bonds is 2. The maximum absolute atomic E-state index is 5.60. The van der Waals surface area contributed by atoms with Crippen LogP contribution in [0.25, 0.3) is 0 Å². The van der Waals surface area contributed by atoms with E-state index in [4.69, 9.17) is 4.74 Å². The van der Waals surface area contributed by atoms with E-state index in [1.54, 1.807) is 12.7 Å². The molecule has 1 unspecified atom stereocenters. The highest BCUT2D eigenvalue weighted by Gasteiger charge is 2.32. The van der Waals surface area contributed by atoms with Gasteiger partial charge in [-0.25, -0.2) is 0 Å². The topological polar surface area (TPSA) is 9.23 Å². The molecule has 1 aliphatic carbocycles. The third kappa shape index (κ3) is 3.19. The van der Waals surface area contributed by atoms with Crippen molar-refractivity contribution in [3.8, 4) is 5.75 Å². The van der Waals surface area contributed by atoms with Gasteiger partial charge in [-0.2, -0.15) is 0 Å². The van der Waals surface area contributed by atoms with Gasteiger partial charge < -0.3 is 4.74 Å². The minimum atomic E-state index is 0.215. The van der Waals surface area contributed by atoms with Gasteiger partial charge in [-0.05, 0) is 58.8 Å². The zero-order chi connectivity index (χ0) is 15.1. The lowest BCUT2D eigenvalue weighted by Gasteiger charge is -2.24. The van der Waals surface area contributed by atoms with E-state index in [0.717, 1.165) is 11.7 Å². The number of fused-ring (bicyclic) bond motifs is 1. The molecule has 1 heteroatoms. The molecule has 1 aromatic carbocycles. The van der Waals surface area contributed by atoms with Crippen molar-refractivity contribution in [1.29, 1.82) is 0 Å². The Balaban J connectivity index is 2.37. The fourth-order valence-corrected chi connectivity index (χ4v) is 3.68. The summed E-state index contributed by atoms with van der Waals surface area (Å²) in [5.74, 6) is 1.85. The van der Waals surface area contributed by atoms with Gasteiger partial charge >= 0.3 is 0 Å². The molecule has 1 nitrogen and oxygen atoms in total. The Bertz CT molecular complexity index is 486. The quantitative estimate of drug-likeness (QED) is 0.725.